The van der Waals surface area contributed by atoms with Gasteiger partial charge in [0.05, 0.1) is 24.8 Å². The zero-order valence-corrected chi connectivity index (χ0v) is 9.97. The number of benzene rings is 2. The molecule has 3 heteroatoms. The Morgan fingerprint density at radius 1 is 1.00 bits per heavy atom. The molecule has 18 heavy (non-hydrogen) atoms. The maximum absolute atomic E-state index is 8.95. The molecule has 0 spiro atoms. The van der Waals surface area contributed by atoms with Gasteiger partial charge in [-0.3, -0.25) is 0 Å². The second-order valence-electron chi connectivity index (χ2n) is 4.00. The normalized spacial score (nSPS) is 9.94. The molecule has 0 amide bonds. The van der Waals surface area contributed by atoms with Gasteiger partial charge < -0.3 is 10.5 Å². The molecule has 0 heterocycles. The van der Waals surface area contributed by atoms with E-state index in [1.807, 2.05) is 42.5 Å². The number of hydrogen-bond acceptors (Lipinski definition) is 3. The van der Waals surface area contributed by atoms with Crippen LogP contribution in [0.1, 0.15) is 16.7 Å². The van der Waals surface area contributed by atoms with Crippen LogP contribution in [0.5, 0.6) is 0 Å². The van der Waals surface area contributed by atoms with Crippen LogP contribution in [0.15, 0.2) is 48.5 Å². The molecule has 0 fully saturated rings. The van der Waals surface area contributed by atoms with Gasteiger partial charge in [0.15, 0.2) is 0 Å². The highest BCUT2D eigenvalue weighted by atomic mass is 16.5. The lowest BCUT2D eigenvalue weighted by Gasteiger charge is -2.06. The topological polar surface area (TPSA) is 59.0 Å². The number of nitriles is 1. The number of ether oxygens (including phenoxy) is 1. The van der Waals surface area contributed by atoms with Crippen LogP contribution < -0.4 is 5.73 Å². The standard InChI is InChI=1S/C15H14N2O/c16-9-13-3-1-2-4-14(13)11-18-10-12-5-7-15(17)8-6-12/h1-8H,10-11,17H2. The van der Waals surface area contributed by atoms with Crippen molar-refractivity contribution in [2.24, 2.45) is 0 Å². The third-order valence-electron chi connectivity index (χ3n) is 2.64. The second-order valence-corrected chi connectivity index (χ2v) is 4.00. The zero-order valence-electron chi connectivity index (χ0n) is 9.97. The highest BCUT2D eigenvalue weighted by Gasteiger charge is 2.00. The van der Waals surface area contributed by atoms with Crippen LogP contribution in [0.4, 0.5) is 5.69 Å². The number of nitrogen functional groups attached to an aromatic ring is 1. The van der Waals surface area contributed by atoms with Crippen LogP contribution in [0.25, 0.3) is 0 Å². The third-order valence-corrected chi connectivity index (χ3v) is 2.64. The molecular weight excluding hydrogens is 224 g/mol. The first-order chi connectivity index (χ1) is 8.79. The Bertz CT molecular complexity index is 555. The van der Waals surface area contributed by atoms with Crippen molar-refractivity contribution >= 4 is 5.69 Å². The molecule has 90 valence electrons. The van der Waals surface area contributed by atoms with Crippen molar-refractivity contribution in [3.63, 3.8) is 0 Å². The first-order valence-electron chi connectivity index (χ1n) is 5.70. The molecule has 2 rings (SSSR count). The summed E-state index contributed by atoms with van der Waals surface area (Å²) in [5.41, 5.74) is 8.99. The number of nitrogens with two attached hydrogens (primary N) is 1. The Morgan fingerprint density at radius 3 is 2.44 bits per heavy atom. The zero-order chi connectivity index (χ0) is 12.8. The first kappa shape index (κ1) is 12.2. The maximum atomic E-state index is 8.95. The van der Waals surface area contributed by atoms with Gasteiger partial charge in [-0.05, 0) is 29.3 Å². The van der Waals surface area contributed by atoms with E-state index in [2.05, 4.69) is 6.07 Å². The minimum Gasteiger partial charge on any atom is -0.399 e. The van der Waals surface area contributed by atoms with E-state index in [9.17, 15) is 0 Å². The number of rotatable bonds is 4. The van der Waals surface area contributed by atoms with Crippen LogP contribution in [0.2, 0.25) is 0 Å². The van der Waals surface area contributed by atoms with Crippen LogP contribution in [0, 0.1) is 11.3 Å². The predicted octanol–water partition coefficient (Wildman–Crippen LogP) is 2.86. The highest BCUT2D eigenvalue weighted by Crippen LogP contribution is 2.11. The van der Waals surface area contributed by atoms with Crippen molar-refractivity contribution in [3.05, 3.63) is 65.2 Å². The van der Waals surface area contributed by atoms with Crippen LogP contribution >= 0.6 is 0 Å². The van der Waals surface area contributed by atoms with Gasteiger partial charge in [-0.15, -0.1) is 0 Å². The molecule has 0 aromatic heterocycles. The van der Waals surface area contributed by atoms with Gasteiger partial charge in [-0.1, -0.05) is 30.3 Å². The van der Waals surface area contributed by atoms with Gasteiger partial charge in [0.1, 0.15) is 0 Å². The molecule has 0 aliphatic rings. The molecule has 2 N–H and O–H groups in total. The fourth-order valence-electron chi connectivity index (χ4n) is 1.65. The molecule has 2 aromatic rings. The quantitative estimate of drug-likeness (QED) is 0.833. The van der Waals surface area contributed by atoms with Crippen molar-refractivity contribution in [3.8, 4) is 6.07 Å². The Balaban J connectivity index is 1.93. The summed E-state index contributed by atoms with van der Waals surface area (Å²) >= 11 is 0. The fraction of sp³-hybridized carbons (Fsp3) is 0.133. The van der Waals surface area contributed by atoms with Crippen molar-refractivity contribution in [1.29, 1.82) is 5.26 Å². The fourth-order valence-corrected chi connectivity index (χ4v) is 1.65. The second kappa shape index (κ2) is 5.85. The number of hydrogen-bond donors (Lipinski definition) is 1. The lowest BCUT2D eigenvalue weighted by Crippen LogP contribution is -1.96. The monoisotopic (exact) mass is 238 g/mol. The first-order valence-corrected chi connectivity index (χ1v) is 5.70. The molecule has 3 nitrogen and oxygen atoms in total. The van der Waals surface area contributed by atoms with Crippen molar-refractivity contribution in [1.82, 2.24) is 0 Å². The largest absolute Gasteiger partial charge is 0.399 e. The Labute approximate surface area is 106 Å². The molecule has 0 saturated heterocycles. The van der Waals surface area contributed by atoms with E-state index in [0.717, 1.165) is 16.8 Å². The summed E-state index contributed by atoms with van der Waals surface area (Å²) in [6, 6.07) is 17.2. The van der Waals surface area contributed by atoms with Gasteiger partial charge in [0, 0.05) is 5.69 Å². The summed E-state index contributed by atoms with van der Waals surface area (Å²) in [5, 5.41) is 8.95. The lowest BCUT2D eigenvalue weighted by molar-refractivity contribution is 0.107. The molecular formula is C15H14N2O. The van der Waals surface area contributed by atoms with Gasteiger partial charge in [0.2, 0.25) is 0 Å². The van der Waals surface area contributed by atoms with E-state index in [1.165, 1.54) is 0 Å². The minimum atomic E-state index is 0.439. The molecule has 0 bridgehead atoms. The van der Waals surface area contributed by atoms with E-state index in [1.54, 1.807) is 6.07 Å². The van der Waals surface area contributed by atoms with Crippen molar-refractivity contribution in [2.45, 2.75) is 13.2 Å². The molecule has 0 radical (unpaired) electrons. The van der Waals surface area contributed by atoms with Gasteiger partial charge in [0.25, 0.3) is 0 Å². The third kappa shape index (κ3) is 3.09. The lowest BCUT2D eigenvalue weighted by atomic mass is 10.1. The molecule has 0 aliphatic carbocycles. The van der Waals surface area contributed by atoms with Crippen LogP contribution in [0.3, 0.4) is 0 Å². The number of anilines is 1. The van der Waals surface area contributed by atoms with Crippen LogP contribution in [-0.4, -0.2) is 0 Å². The van der Waals surface area contributed by atoms with E-state index in [4.69, 9.17) is 15.7 Å². The van der Waals surface area contributed by atoms with E-state index >= 15 is 0 Å². The van der Waals surface area contributed by atoms with Gasteiger partial charge in [-0.2, -0.15) is 5.26 Å². The van der Waals surface area contributed by atoms with E-state index in [0.29, 0.717) is 18.8 Å². The van der Waals surface area contributed by atoms with Crippen molar-refractivity contribution in [2.75, 3.05) is 5.73 Å². The summed E-state index contributed by atoms with van der Waals surface area (Å²) in [6.45, 7) is 0.953. The average molecular weight is 238 g/mol. The molecule has 0 aliphatic heterocycles. The van der Waals surface area contributed by atoms with Crippen LogP contribution in [-0.2, 0) is 18.0 Å². The molecule has 0 saturated carbocycles. The summed E-state index contributed by atoms with van der Waals surface area (Å²) in [6.07, 6.45) is 0. The SMILES string of the molecule is N#Cc1ccccc1COCc1ccc(N)cc1. The Kier molecular flexibility index (Phi) is 3.95. The molecule has 2 aromatic carbocycles. The molecule has 0 unspecified atom stereocenters. The Morgan fingerprint density at radius 2 is 1.72 bits per heavy atom. The van der Waals surface area contributed by atoms with E-state index in [-0.39, 0.29) is 0 Å². The Hall–Kier alpha value is -2.31. The maximum Gasteiger partial charge on any atom is 0.0995 e. The summed E-state index contributed by atoms with van der Waals surface area (Å²) in [5.74, 6) is 0. The summed E-state index contributed by atoms with van der Waals surface area (Å²) in [7, 11) is 0. The average Bonchev–Trinajstić information content (AvgIpc) is 2.41. The van der Waals surface area contributed by atoms with Gasteiger partial charge in [-0.25, -0.2) is 0 Å². The smallest absolute Gasteiger partial charge is 0.0995 e. The summed E-state index contributed by atoms with van der Waals surface area (Å²) in [4.78, 5) is 0. The van der Waals surface area contributed by atoms with Gasteiger partial charge >= 0.3 is 0 Å². The minimum absolute atomic E-state index is 0.439. The predicted molar refractivity (Wildman–Crippen MR) is 70.5 cm³/mol. The van der Waals surface area contributed by atoms with E-state index < -0.39 is 0 Å². The summed E-state index contributed by atoms with van der Waals surface area (Å²) < 4.78 is 5.60. The highest BCUT2D eigenvalue weighted by molar-refractivity contribution is 5.39. The van der Waals surface area contributed by atoms with Crippen molar-refractivity contribution < 1.29 is 4.74 Å². The number of nitrogens with zero attached hydrogens (tertiary/aromatic N) is 1. The molecule has 0 atom stereocenters.